The van der Waals surface area contributed by atoms with Crippen LogP contribution in [0.3, 0.4) is 0 Å². The summed E-state index contributed by atoms with van der Waals surface area (Å²) in [5.74, 6) is -1.57. The molecule has 1 aromatic heterocycles. The van der Waals surface area contributed by atoms with Gasteiger partial charge in [-0.25, -0.2) is 8.42 Å². The summed E-state index contributed by atoms with van der Waals surface area (Å²) in [6, 6.07) is 19.2. The molecule has 3 aliphatic rings. The van der Waals surface area contributed by atoms with Crippen LogP contribution in [0.2, 0.25) is 0 Å². The smallest absolute Gasteiger partial charge is 0.273 e. The summed E-state index contributed by atoms with van der Waals surface area (Å²) in [5, 5.41) is 37.2. The van der Waals surface area contributed by atoms with Crippen LogP contribution < -0.4 is 9.47 Å². The number of aromatic nitrogens is 1. The third-order valence-electron chi connectivity index (χ3n) is 12.3. The Bertz CT molecular complexity index is 2480. The van der Waals surface area contributed by atoms with E-state index in [1.165, 1.54) is 16.4 Å². The number of non-ortho nitro benzene ring substituents is 1. The van der Waals surface area contributed by atoms with Crippen molar-refractivity contribution in [2.24, 2.45) is 22.9 Å². The predicted molar refractivity (Wildman–Crippen MR) is 245 cm³/mol. The first-order valence-electron chi connectivity index (χ1n) is 22.3. The highest BCUT2D eigenvalue weighted by Crippen LogP contribution is 2.62. The van der Waals surface area contributed by atoms with Gasteiger partial charge in [-0.1, -0.05) is 61.3 Å². The van der Waals surface area contributed by atoms with E-state index in [1.807, 2.05) is 45.9 Å². The number of sulfonamides is 1. The molecule has 2 heterocycles. The minimum atomic E-state index is -4.33. The number of hydrogen-bond donors (Lipinski definition) is 2. The van der Waals surface area contributed by atoms with Crippen molar-refractivity contribution in [3.05, 3.63) is 119 Å². The molecule has 342 valence electrons. The van der Waals surface area contributed by atoms with Crippen LogP contribution in [0, 0.1) is 27.9 Å². The van der Waals surface area contributed by atoms with Gasteiger partial charge in [-0.05, 0) is 107 Å². The zero-order valence-corrected chi connectivity index (χ0v) is 37.9. The molecule has 0 spiro atoms. The minimum Gasteiger partial charge on any atom is -0.460 e. The predicted octanol–water partition coefficient (Wildman–Crippen LogP) is 9.47. The second kappa shape index (κ2) is 19.9. The van der Waals surface area contributed by atoms with E-state index in [4.69, 9.17) is 24.2 Å². The Morgan fingerprint density at radius 2 is 1.75 bits per heavy atom. The van der Waals surface area contributed by atoms with Gasteiger partial charge in [0.25, 0.3) is 5.69 Å². The monoisotopic (exact) mass is 896 g/mol. The van der Waals surface area contributed by atoms with Crippen LogP contribution in [0.4, 0.5) is 5.69 Å². The molecule has 4 aromatic rings. The molecule has 7 rings (SSSR count). The molecular weight excluding hydrogens is 837 g/mol. The Hall–Kier alpha value is -5.19. The zero-order chi connectivity index (χ0) is 45.6. The second-order valence-electron chi connectivity index (χ2n) is 17.8. The fourth-order valence-corrected chi connectivity index (χ4v) is 11.6. The van der Waals surface area contributed by atoms with E-state index in [2.05, 4.69) is 17.6 Å². The quantitative estimate of drug-likeness (QED) is 0.0373. The Morgan fingerprint density at radius 3 is 2.47 bits per heavy atom. The number of para-hydroxylation sites is 1. The normalized spacial score (nSPS) is 23.5. The van der Waals surface area contributed by atoms with Crippen LogP contribution in [0.25, 0.3) is 10.9 Å². The number of benzene rings is 3. The number of pyridine rings is 1. The van der Waals surface area contributed by atoms with Crippen molar-refractivity contribution in [1.29, 1.82) is 0 Å². The lowest BCUT2D eigenvalue weighted by Crippen LogP contribution is -2.70. The molecule has 1 saturated carbocycles. The van der Waals surface area contributed by atoms with Gasteiger partial charge in [-0.15, -0.1) is 6.58 Å². The van der Waals surface area contributed by atoms with Crippen LogP contribution in [-0.2, 0) is 19.6 Å². The number of oxime groups is 1. The van der Waals surface area contributed by atoms with Gasteiger partial charge in [-0.2, -0.15) is 4.31 Å². The standard InChI is InChI=1S/C49H60N4O10S/c1-6-25-52(64(58,59)43-21-12-16-33-17-14-24-50-47(33)43)44-32-41(51-63-48(3,4)5)39-29-34(15-8-10-26-54)38(20-9-11-27-55)45-40-31-37(61-36-19-13-18-35(30-36)53(56)57)22-23-42(40)62-49(44,46(39)45)60-28-7-2/h7,12-14,16-19,21-24,29-31,34,38,44-46,54-55H,2,6,8-11,15,20,25-28,32H2,1,3-5H3. The van der Waals surface area contributed by atoms with Gasteiger partial charge in [0.2, 0.25) is 15.8 Å². The molecule has 15 heteroatoms. The van der Waals surface area contributed by atoms with Crippen molar-refractivity contribution >= 4 is 32.3 Å². The molecule has 2 aliphatic carbocycles. The molecule has 0 radical (unpaired) electrons. The summed E-state index contributed by atoms with van der Waals surface area (Å²) >= 11 is 0. The van der Waals surface area contributed by atoms with E-state index in [0.29, 0.717) is 60.2 Å². The summed E-state index contributed by atoms with van der Waals surface area (Å²) < 4.78 is 53.3. The Balaban J connectivity index is 1.50. The number of rotatable bonds is 20. The SMILES string of the molecule is C=CCOC12Oc3ccc(Oc4cccc([N+](=O)[O-])c4)cc3C3C(CCCCO)C(CCCCO)C=C(C(=NOC(C)(C)C)CC1N(CCC)S(=O)(=O)c1cccc4cccnc14)C32. The molecule has 6 unspecified atom stereocenters. The molecule has 0 amide bonds. The number of hydrogen-bond acceptors (Lipinski definition) is 12. The summed E-state index contributed by atoms with van der Waals surface area (Å²) in [6.45, 7) is 11.9. The Kier molecular flexibility index (Phi) is 14.6. The molecule has 0 saturated heterocycles. The maximum absolute atomic E-state index is 15.5. The lowest BCUT2D eigenvalue weighted by atomic mass is 9.55. The van der Waals surface area contributed by atoms with Gasteiger partial charge in [0.1, 0.15) is 27.7 Å². The number of fused-ring (bicyclic) bond motifs is 3. The topological polar surface area (TPSA) is 183 Å². The number of nitro groups is 1. The van der Waals surface area contributed by atoms with Gasteiger partial charge in [0, 0.05) is 55.3 Å². The molecular formula is C49H60N4O10S. The number of nitrogens with zero attached hydrogens (tertiary/aromatic N) is 4. The fraction of sp³-hybridized carbons (Fsp3) is 0.469. The van der Waals surface area contributed by atoms with E-state index < -0.39 is 38.3 Å². The zero-order valence-electron chi connectivity index (χ0n) is 37.1. The van der Waals surface area contributed by atoms with E-state index in [1.54, 1.807) is 54.7 Å². The average molecular weight is 897 g/mol. The Labute approximate surface area is 375 Å². The van der Waals surface area contributed by atoms with Crippen LogP contribution in [0.15, 0.2) is 113 Å². The summed E-state index contributed by atoms with van der Waals surface area (Å²) in [7, 11) is -4.33. The van der Waals surface area contributed by atoms with Crippen molar-refractivity contribution < 1.29 is 42.6 Å². The van der Waals surface area contributed by atoms with Crippen molar-refractivity contribution in [3.8, 4) is 17.2 Å². The van der Waals surface area contributed by atoms with Crippen molar-refractivity contribution in [2.75, 3.05) is 26.4 Å². The van der Waals surface area contributed by atoms with E-state index in [-0.39, 0.29) is 66.9 Å². The van der Waals surface area contributed by atoms with Gasteiger partial charge in [0.05, 0.1) is 40.8 Å². The van der Waals surface area contributed by atoms with Crippen LogP contribution >= 0.6 is 0 Å². The van der Waals surface area contributed by atoms with Crippen molar-refractivity contribution in [2.45, 2.75) is 107 Å². The number of aliphatic hydroxyl groups excluding tert-OH is 2. The van der Waals surface area contributed by atoms with Crippen molar-refractivity contribution in [1.82, 2.24) is 9.29 Å². The van der Waals surface area contributed by atoms with Gasteiger partial charge in [0.15, 0.2) is 0 Å². The van der Waals surface area contributed by atoms with Gasteiger partial charge in [-0.3, -0.25) is 15.1 Å². The second-order valence-corrected chi connectivity index (χ2v) is 19.6. The first-order valence-corrected chi connectivity index (χ1v) is 23.7. The van der Waals surface area contributed by atoms with Gasteiger partial charge < -0.3 is 29.3 Å². The summed E-state index contributed by atoms with van der Waals surface area (Å²) in [6.07, 6.45) is 10.2. The fourth-order valence-electron chi connectivity index (χ4n) is 9.75. The van der Waals surface area contributed by atoms with E-state index in [9.17, 15) is 20.3 Å². The molecule has 0 bridgehead atoms. The molecule has 14 nitrogen and oxygen atoms in total. The largest absolute Gasteiger partial charge is 0.460 e. The highest BCUT2D eigenvalue weighted by Gasteiger charge is 2.66. The van der Waals surface area contributed by atoms with E-state index >= 15 is 8.42 Å². The average Bonchev–Trinajstić information content (AvgIpc) is 3.27. The summed E-state index contributed by atoms with van der Waals surface area (Å²) in [4.78, 5) is 22.1. The molecule has 6 atom stereocenters. The third kappa shape index (κ3) is 9.59. The number of nitro benzene ring substituents is 1. The first kappa shape index (κ1) is 46.8. The molecule has 64 heavy (non-hydrogen) atoms. The summed E-state index contributed by atoms with van der Waals surface area (Å²) in [5.41, 5.74) is 1.78. The maximum atomic E-state index is 15.5. The highest BCUT2D eigenvalue weighted by atomic mass is 32.2. The lowest BCUT2D eigenvalue weighted by molar-refractivity contribution is -0.384. The van der Waals surface area contributed by atoms with E-state index in [0.717, 1.165) is 24.0 Å². The van der Waals surface area contributed by atoms with Crippen molar-refractivity contribution in [3.63, 3.8) is 0 Å². The lowest BCUT2D eigenvalue weighted by Gasteiger charge is -2.59. The first-order chi connectivity index (χ1) is 30.8. The number of aliphatic hydroxyl groups is 2. The number of allylic oxidation sites excluding steroid dienone is 1. The molecule has 2 N–H and O–H groups in total. The molecule has 1 fully saturated rings. The number of ether oxygens (including phenoxy) is 3. The molecule has 3 aromatic carbocycles. The minimum absolute atomic E-state index is 0.0280. The van der Waals surface area contributed by atoms with Crippen LogP contribution in [0.1, 0.15) is 90.5 Å². The Morgan fingerprint density at radius 1 is 1.02 bits per heavy atom. The highest BCUT2D eigenvalue weighted by molar-refractivity contribution is 7.89. The van der Waals surface area contributed by atoms with Crippen LogP contribution in [-0.4, -0.2) is 82.4 Å². The maximum Gasteiger partial charge on any atom is 0.273 e. The van der Waals surface area contributed by atoms with Crippen LogP contribution in [0.5, 0.6) is 17.2 Å². The van der Waals surface area contributed by atoms with Gasteiger partial charge >= 0.3 is 0 Å². The third-order valence-corrected chi connectivity index (χ3v) is 14.3. The number of unbranched alkanes of at least 4 members (excludes halogenated alkanes) is 2. The molecule has 1 aliphatic heterocycles.